The van der Waals surface area contributed by atoms with Crippen molar-refractivity contribution in [1.82, 2.24) is 14.9 Å². The van der Waals surface area contributed by atoms with Gasteiger partial charge in [0, 0.05) is 25.6 Å². The van der Waals surface area contributed by atoms with Gasteiger partial charge in [-0.25, -0.2) is 18.4 Å². The fourth-order valence-corrected chi connectivity index (χ4v) is 5.91. The van der Waals surface area contributed by atoms with Crippen molar-refractivity contribution in [3.05, 3.63) is 17.4 Å². The Hall–Kier alpha value is -1.45. The first kappa shape index (κ1) is 19.8. The minimum atomic E-state index is -2.95. The van der Waals surface area contributed by atoms with Crippen LogP contribution in [0.1, 0.15) is 25.7 Å². The van der Waals surface area contributed by atoms with Crippen LogP contribution in [0.4, 0.5) is 5.95 Å². The van der Waals surface area contributed by atoms with Crippen LogP contribution in [0, 0.1) is 5.92 Å². The molecule has 10 heteroatoms. The first-order valence-corrected chi connectivity index (χ1v) is 11.9. The van der Waals surface area contributed by atoms with Crippen molar-refractivity contribution in [2.75, 3.05) is 49.2 Å². The van der Waals surface area contributed by atoms with Crippen molar-refractivity contribution in [3.63, 3.8) is 0 Å². The van der Waals surface area contributed by atoms with Gasteiger partial charge in [0.1, 0.15) is 9.84 Å². The second-order valence-corrected chi connectivity index (χ2v) is 10.6. The molecule has 0 radical (unpaired) electrons. The molecule has 0 aliphatic carbocycles. The number of amides is 1. The molecule has 0 bridgehead atoms. The lowest BCUT2D eigenvalue weighted by atomic mass is 9.88. The molecule has 0 aromatic carbocycles. The lowest BCUT2D eigenvalue weighted by Gasteiger charge is -2.47. The molecule has 4 rings (SSSR count). The molecule has 0 atom stereocenters. The number of carbonyl (C=O) groups is 1. The van der Waals surface area contributed by atoms with Crippen molar-refractivity contribution in [2.24, 2.45) is 5.92 Å². The maximum atomic E-state index is 12.8. The molecule has 0 unspecified atom stereocenters. The SMILES string of the molecule is O=C(C1CCS(=O)(=O)CC1)N1CCC2(CC1)CN(c1ncc(Cl)cn1)CCO2. The van der Waals surface area contributed by atoms with Gasteiger partial charge in [-0.3, -0.25) is 4.79 Å². The number of piperidine rings is 1. The summed E-state index contributed by atoms with van der Waals surface area (Å²) in [5.41, 5.74) is -0.298. The molecular weight excluding hydrogens is 404 g/mol. The van der Waals surface area contributed by atoms with Crippen LogP contribution in [0.25, 0.3) is 0 Å². The number of hydrogen-bond donors (Lipinski definition) is 0. The average Bonchev–Trinajstić information content (AvgIpc) is 2.69. The molecule has 3 aliphatic rings. The van der Waals surface area contributed by atoms with Crippen molar-refractivity contribution < 1.29 is 17.9 Å². The van der Waals surface area contributed by atoms with E-state index in [2.05, 4.69) is 14.9 Å². The summed E-state index contributed by atoms with van der Waals surface area (Å²) >= 11 is 5.88. The van der Waals surface area contributed by atoms with Crippen LogP contribution in [0.2, 0.25) is 5.02 Å². The molecule has 1 amide bonds. The largest absolute Gasteiger partial charge is 0.371 e. The first-order valence-electron chi connectivity index (χ1n) is 9.72. The Kier molecular flexibility index (Phi) is 5.50. The number of likely N-dealkylation sites (tertiary alicyclic amines) is 1. The van der Waals surface area contributed by atoms with Crippen LogP contribution >= 0.6 is 11.6 Å². The molecule has 1 aromatic rings. The Morgan fingerprint density at radius 3 is 2.43 bits per heavy atom. The van der Waals surface area contributed by atoms with Crippen LogP contribution in [-0.4, -0.2) is 79.1 Å². The molecule has 0 saturated carbocycles. The lowest BCUT2D eigenvalue weighted by molar-refractivity contribution is -0.143. The van der Waals surface area contributed by atoms with Gasteiger partial charge in [0.25, 0.3) is 0 Å². The maximum Gasteiger partial charge on any atom is 0.225 e. The molecule has 1 aromatic heterocycles. The quantitative estimate of drug-likeness (QED) is 0.697. The second kappa shape index (κ2) is 7.76. The van der Waals surface area contributed by atoms with Gasteiger partial charge in [-0.05, 0) is 25.7 Å². The number of nitrogens with zero attached hydrogens (tertiary/aromatic N) is 4. The summed E-state index contributed by atoms with van der Waals surface area (Å²) in [6.07, 6.45) is 5.60. The third-order valence-corrected chi connectivity index (χ3v) is 7.94. The zero-order chi connectivity index (χ0) is 19.8. The molecule has 1 spiro atoms. The van der Waals surface area contributed by atoms with Gasteiger partial charge in [-0.15, -0.1) is 0 Å². The van der Waals surface area contributed by atoms with E-state index < -0.39 is 9.84 Å². The molecule has 3 fully saturated rings. The summed E-state index contributed by atoms with van der Waals surface area (Å²) in [7, 11) is -2.95. The monoisotopic (exact) mass is 428 g/mol. The number of sulfone groups is 1. The number of rotatable bonds is 2. The van der Waals surface area contributed by atoms with E-state index in [-0.39, 0.29) is 28.9 Å². The number of ether oxygens (including phenoxy) is 1. The van der Waals surface area contributed by atoms with Gasteiger partial charge in [0.05, 0.1) is 47.7 Å². The molecule has 28 heavy (non-hydrogen) atoms. The van der Waals surface area contributed by atoms with Gasteiger partial charge in [0.2, 0.25) is 11.9 Å². The van der Waals surface area contributed by atoms with Gasteiger partial charge in [-0.1, -0.05) is 11.6 Å². The van der Waals surface area contributed by atoms with Crippen LogP contribution in [0.3, 0.4) is 0 Å². The first-order chi connectivity index (χ1) is 13.4. The third-order valence-electron chi connectivity index (χ3n) is 6.03. The molecule has 4 heterocycles. The molecule has 0 N–H and O–H groups in total. The van der Waals surface area contributed by atoms with Crippen molar-refractivity contribution in [2.45, 2.75) is 31.3 Å². The highest BCUT2D eigenvalue weighted by Gasteiger charge is 2.42. The predicted octanol–water partition coefficient (Wildman–Crippen LogP) is 1.15. The van der Waals surface area contributed by atoms with Crippen molar-refractivity contribution >= 4 is 33.3 Å². The van der Waals surface area contributed by atoms with Gasteiger partial charge in [0.15, 0.2) is 0 Å². The maximum absolute atomic E-state index is 12.8. The summed E-state index contributed by atoms with van der Waals surface area (Å²) in [5, 5.41) is 0.508. The van der Waals surface area contributed by atoms with E-state index in [9.17, 15) is 13.2 Å². The lowest BCUT2D eigenvalue weighted by Crippen LogP contribution is -2.58. The smallest absolute Gasteiger partial charge is 0.225 e. The summed E-state index contributed by atoms with van der Waals surface area (Å²) in [6, 6.07) is 0. The summed E-state index contributed by atoms with van der Waals surface area (Å²) in [5.74, 6) is 0.831. The van der Waals surface area contributed by atoms with Crippen LogP contribution in [-0.2, 0) is 19.4 Å². The minimum Gasteiger partial charge on any atom is -0.371 e. The Morgan fingerprint density at radius 2 is 1.79 bits per heavy atom. The van der Waals surface area contributed by atoms with E-state index in [4.69, 9.17) is 16.3 Å². The summed E-state index contributed by atoms with van der Waals surface area (Å²) in [6.45, 7) is 3.29. The third kappa shape index (κ3) is 4.26. The van der Waals surface area contributed by atoms with Crippen molar-refractivity contribution in [1.29, 1.82) is 0 Å². The Morgan fingerprint density at radius 1 is 1.14 bits per heavy atom. The summed E-state index contributed by atoms with van der Waals surface area (Å²) < 4.78 is 29.3. The van der Waals surface area contributed by atoms with Crippen LogP contribution < -0.4 is 4.90 Å². The highest BCUT2D eigenvalue weighted by molar-refractivity contribution is 7.91. The molecule has 8 nitrogen and oxygen atoms in total. The molecular formula is C18H25ClN4O4S. The highest BCUT2D eigenvalue weighted by Crippen LogP contribution is 2.33. The molecule has 3 aliphatic heterocycles. The number of halogens is 1. The van der Waals surface area contributed by atoms with Crippen LogP contribution in [0.5, 0.6) is 0 Å². The minimum absolute atomic E-state index is 0.0958. The van der Waals surface area contributed by atoms with Gasteiger partial charge >= 0.3 is 0 Å². The highest BCUT2D eigenvalue weighted by atomic mass is 35.5. The molecule has 154 valence electrons. The number of morpholine rings is 1. The number of anilines is 1. The Balaban J connectivity index is 1.35. The van der Waals surface area contributed by atoms with Gasteiger partial charge < -0.3 is 14.5 Å². The van der Waals surface area contributed by atoms with E-state index in [1.165, 1.54) is 0 Å². The van der Waals surface area contributed by atoms with E-state index in [1.807, 2.05) is 4.90 Å². The Labute approximate surface area is 170 Å². The normalized spacial score (nSPS) is 25.0. The van der Waals surface area contributed by atoms with E-state index in [1.54, 1.807) is 12.4 Å². The number of carbonyl (C=O) groups excluding carboxylic acids is 1. The predicted molar refractivity (Wildman–Crippen MR) is 105 cm³/mol. The fourth-order valence-electron chi connectivity index (χ4n) is 4.32. The number of aromatic nitrogens is 2. The van der Waals surface area contributed by atoms with Gasteiger partial charge in [-0.2, -0.15) is 0 Å². The standard InChI is InChI=1S/C18H25ClN4O4S/c19-15-11-20-17(21-12-15)23-7-8-27-18(13-23)3-5-22(6-4-18)16(24)14-1-9-28(25,26)10-2-14/h11-12,14H,1-10,13H2. The number of hydrogen-bond acceptors (Lipinski definition) is 7. The topological polar surface area (TPSA) is 92.7 Å². The Bertz CT molecular complexity index is 810. The second-order valence-electron chi connectivity index (χ2n) is 7.91. The zero-order valence-corrected chi connectivity index (χ0v) is 17.3. The van der Waals surface area contributed by atoms with E-state index in [0.717, 1.165) is 19.4 Å². The summed E-state index contributed by atoms with van der Waals surface area (Å²) in [4.78, 5) is 25.4. The van der Waals surface area contributed by atoms with Crippen molar-refractivity contribution in [3.8, 4) is 0 Å². The zero-order valence-electron chi connectivity index (χ0n) is 15.7. The van der Waals surface area contributed by atoms with E-state index in [0.29, 0.717) is 50.1 Å². The fraction of sp³-hybridized carbons (Fsp3) is 0.722. The van der Waals surface area contributed by atoms with E-state index >= 15 is 0 Å². The molecule has 3 saturated heterocycles. The van der Waals surface area contributed by atoms with Crippen LogP contribution in [0.15, 0.2) is 12.4 Å². The average molecular weight is 429 g/mol.